The van der Waals surface area contributed by atoms with Crippen LogP contribution in [0, 0.1) is 6.92 Å². The van der Waals surface area contributed by atoms with Crippen molar-refractivity contribution in [3.63, 3.8) is 0 Å². The average Bonchev–Trinajstić information content (AvgIpc) is 2.96. The second kappa shape index (κ2) is 8.89. The monoisotopic (exact) mass is 488 g/mol. The Morgan fingerprint density at radius 3 is 2.56 bits per heavy atom. The molecule has 0 bridgehead atoms. The Morgan fingerprint density at radius 1 is 1.03 bits per heavy atom. The van der Waals surface area contributed by atoms with Crippen molar-refractivity contribution in [1.82, 2.24) is 9.97 Å². The van der Waals surface area contributed by atoms with Crippen LogP contribution < -0.4 is 5.32 Å². The van der Waals surface area contributed by atoms with E-state index in [1.807, 2.05) is 43.3 Å². The highest BCUT2D eigenvalue weighted by Crippen LogP contribution is 2.35. The van der Waals surface area contributed by atoms with Crippen LogP contribution in [-0.4, -0.2) is 26.8 Å². The number of benzene rings is 3. The maximum Gasteiger partial charge on any atom is 0.335 e. The van der Waals surface area contributed by atoms with E-state index in [1.165, 1.54) is 12.1 Å². The molecule has 2 heterocycles. The first-order valence-electron chi connectivity index (χ1n) is 10.5. The van der Waals surface area contributed by atoms with Crippen molar-refractivity contribution in [2.75, 3.05) is 5.32 Å². The molecule has 34 heavy (non-hydrogen) atoms. The van der Waals surface area contributed by atoms with Gasteiger partial charge in [-0.3, -0.25) is 4.99 Å². The molecule has 0 atom stereocenters. The molecule has 6 nitrogen and oxygen atoms in total. The molecule has 0 saturated carbocycles. The standard InChI is InChI=1S/C26H18Cl2N4O2/c1-14-3-2-4-21(28)22(14)24-20-11-17(27)7-10-19(20)23-16(12-29-24)13-30-26(32-23)31-18-8-5-15(6-9-18)25(33)34/h2-11,13H,12H2,1H3,(H,33,34)(H,30,31,32). The minimum atomic E-state index is -0.979. The number of anilines is 2. The van der Waals surface area contributed by atoms with Gasteiger partial charge in [-0.15, -0.1) is 0 Å². The zero-order valence-electron chi connectivity index (χ0n) is 18.0. The second-order valence-electron chi connectivity index (χ2n) is 7.86. The Labute approximate surface area is 206 Å². The van der Waals surface area contributed by atoms with E-state index in [0.29, 0.717) is 28.2 Å². The van der Waals surface area contributed by atoms with Gasteiger partial charge in [-0.05, 0) is 55.0 Å². The highest BCUT2D eigenvalue weighted by Gasteiger charge is 2.23. The van der Waals surface area contributed by atoms with Gasteiger partial charge >= 0.3 is 5.97 Å². The molecule has 4 aromatic rings. The summed E-state index contributed by atoms with van der Waals surface area (Å²) in [7, 11) is 0. The minimum Gasteiger partial charge on any atom is -0.478 e. The summed E-state index contributed by atoms with van der Waals surface area (Å²) in [6.07, 6.45) is 1.75. The van der Waals surface area contributed by atoms with Crippen LogP contribution in [0.5, 0.6) is 0 Å². The van der Waals surface area contributed by atoms with Crippen molar-refractivity contribution < 1.29 is 9.90 Å². The fourth-order valence-corrected chi connectivity index (χ4v) is 4.44. The van der Waals surface area contributed by atoms with Crippen LogP contribution in [0.4, 0.5) is 11.6 Å². The fraction of sp³-hybridized carbons (Fsp3) is 0.0769. The van der Waals surface area contributed by atoms with Gasteiger partial charge in [-0.25, -0.2) is 14.8 Å². The van der Waals surface area contributed by atoms with E-state index in [-0.39, 0.29) is 5.56 Å². The molecule has 1 aliphatic heterocycles. The lowest BCUT2D eigenvalue weighted by atomic mass is 9.93. The molecule has 3 aromatic carbocycles. The largest absolute Gasteiger partial charge is 0.478 e. The molecule has 0 unspecified atom stereocenters. The molecule has 0 aliphatic carbocycles. The summed E-state index contributed by atoms with van der Waals surface area (Å²) >= 11 is 13.0. The SMILES string of the molecule is Cc1cccc(Cl)c1C1=NCc2cnc(Nc3ccc(C(=O)O)cc3)nc2-c2ccc(Cl)cc21. The van der Waals surface area contributed by atoms with E-state index in [2.05, 4.69) is 10.3 Å². The lowest BCUT2D eigenvalue weighted by Crippen LogP contribution is -2.08. The van der Waals surface area contributed by atoms with Crippen LogP contribution in [-0.2, 0) is 6.54 Å². The number of aromatic nitrogens is 2. The van der Waals surface area contributed by atoms with Crippen molar-refractivity contribution in [2.24, 2.45) is 4.99 Å². The summed E-state index contributed by atoms with van der Waals surface area (Å²) in [5, 5.41) is 13.5. The van der Waals surface area contributed by atoms with Crippen LogP contribution in [0.3, 0.4) is 0 Å². The van der Waals surface area contributed by atoms with Gasteiger partial charge in [0.25, 0.3) is 0 Å². The number of carboxylic acids is 1. The number of aryl methyl sites for hydroxylation is 1. The molecule has 1 aliphatic rings. The Balaban J connectivity index is 1.59. The number of fused-ring (bicyclic) bond motifs is 3. The molecule has 0 radical (unpaired) electrons. The highest BCUT2D eigenvalue weighted by atomic mass is 35.5. The summed E-state index contributed by atoms with van der Waals surface area (Å²) in [5.41, 5.74) is 6.87. The molecule has 5 rings (SSSR count). The molecule has 8 heteroatoms. The van der Waals surface area contributed by atoms with Gasteiger partial charge in [-0.1, -0.05) is 41.4 Å². The number of nitrogens with one attached hydrogen (secondary N) is 1. The van der Waals surface area contributed by atoms with Crippen molar-refractivity contribution >= 4 is 46.5 Å². The molecule has 0 spiro atoms. The average molecular weight is 489 g/mol. The number of rotatable bonds is 4. The summed E-state index contributed by atoms with van der Waals surface area (Å²) < 4.78 is 0. The van der Waals surface area contributed by atoms with E-state index in [4.69, 9.17) is 38.3 Å². The fourth-order valence-electron chi connectivity index (χ4n) is 3.95. The molecule has 2 N–H and O–H groups in total. The number of nitrogens with zero attached hydrogens (tertiary/aromatic N) is 3. The van der Waals surface area contributed by atoms with Gasteiger partial charge in [0, 0.05) is 39.2 Å². The number of aromatic carboxylic acids is 1. The molecule has 1 aromatic heterocycles. The van der Waals surface area contributed by atoms with Crippen molar-refractivity contribution in [3.05, 3.63) is 105 Å². The van der Waals surface area contributed by atoms with Crippen molar-refractivity contribution in [2.45, 2.75) is 13.5 Å². The van der Waals surface area contributed by atoms with E-state index >= 15 is 0 Å². The lowest BCUT2D eigenvalue weighted by molar-refractivity contribution is 0.0697. The lowest BCUT2D eigenvalue weighted by Gasteiger charge is -2.15. The maximum atomic E-state index is 11.1. The first-order chi connectivity index (χ1) is 16.4. The molecule has 168 valence electrons. The first-order valence-corrected chi connectivity index (χ1v) is 11.2. The molecule has 0 fully saturated rings. The quantitative estimate of drug-likeness (QED) is 0.339. The van der Waals surface area contributed by atoms with Crippen LogP contribution >= 0.6 is 23.2 Å². The summed E-state index contributed by atoms with van der Waals surface area (Å²) in [6, 6.07) is 17.8. The normalized spacial score (nSPS) is 12.3. The first kappa shape index (κ1) is 22.1. The van der Waals surface area contributed by atoms with E-state index in [9.17, 15) is 4.79 Å². The van der Waals surface area contributed by atoms with E-state index in [0.717, 1.165) is 39.2 Å². The smallest absolute Gasteiger partial charge is 0.335 e. The van der Waals surface area contributed by atoms with Crippen molar-refractivity contribution in [1.29, 1.82) is 0 Å². The zero-order chi connectivity index (χ0) is 23.8. The Morgan fingerprint density at radius 2 is 1.82 bits per heavy atom. The van der Waals surface area contributed by atoms with Gasteiger partial charge in [0.2, 0.25) is 5.95 Å². The van der Waals surface area contributed by atoms with E-state index in [1.54, 1.807) is 18.3 Å². The predicted molar refractivity (Wildman–Crippen MR) is 135 cm³/mol. The predicted octanol–water partition coefficient (Wildman–Crippen LogP) is 6.55. The van der Waals surface area contributed by atoms with Crippen LogP contribution in [0.2, 0.25) is 10.0 Å². The number of carboxylic acid groups (broad SMARTS) is 1. The van der Waals surface area contributed by atoms with Crippen LogP contribution in [0.25, 0.3) is 11.3 Å². The van der Waals surface area contributed by atoms with Crippen molar-refractivity contribution in [3.8, 4) is 11.3 Å². The van der Waals surface area contributed by atoms with Crippen LogP contribution in [0.15, 0.2) is 71.9 Å². The number of aliphatic imine (C=N–C) groups is 1. The van der Waals surface area contributed by atoms with Gasteiger partial charge in [0.1, 0.15) is 0 Å². The third kappa shape index (κ3) is 4.14. The molecular weight excluding hydrogens is 471 g/mol. The summed E-state index contributed by atoms with van der Waals surface area (Å²) in [4.78, 5) is 25.2. The third-order valence-corrected chi connectivity index (χ3v) is 6.16. The number of carbonyl (C=O) groups is 1. The van der Waals surface area contributed by atoms with Gasteiger partial charge in [0.15, 0.2) is 0 Å². The zero-order valence-corrected chi connectivity index (χ0v) is 19.5. The maximum absolute atomic E-state index is 11.1. The molecule has 0 saturated heterocycles. The minimum absolute atomic E-state index is 0.207. The molecular formula is C26H18Cl2N4O2. The van der Waals surface area contributed by atoms with E-state index < -0.39 is 5.97 Å². The number of hydrogen-bond donors (Lipinski definition) is 2. The Bertz CT molecular complexity index is 1450. The van der Waals surface area contributed by atoms with Gasteiger partial charge in [-0.2, -0.15) is 0 Å². The molecule has 0 amide bonds. The van der Waals surface area contributed by atoms with Gasteiger partial charge in [0.05, 0.1) is 28.5 Å². The third-order valence-electron chi connectivity index (χ3n) is 5.61. The van der Waals surface area contributed by atoms with Crippen LogP contribution in [0.1, 0.15) is 32.6 Å². The topological polar surface area (TPSA) is 87.5 Å². The Kier molecular flexibility index (Phi) is 5.77. The summed E-state index contributed by atoms with van der Waals surface area (Å²) in [5.74, 6) is -0.590. The number of hydrogen-bond acceptors (Lipinski definition) is 5. The van der Waals surface area contributed by atoms with Gasteiger partial charge < -0.3 is 10.4 Å². The summed E-state index contributed by atoms with van der Waals surface area (Å²) in [6.45, 7) is 2.39. The second-order valence-corrected chi connectivity index (χ2v) is 8.71. The highest BCUT2D eigenvalue weighted by molar-refractivity contribution is 6.36. The number of halogens is 2. The Hall–Kier alpha value is -3.74.